The number of hydrogen-bond donors (Lipinski definition) is 1. The van der Waals surface area contributed by atoms with Crippen LogP contribution in [0.15, 0.2) is 48.5 Å². The normalized spacial score (nSPS) is 14.4. The van der Waals surface area contributed by atoms with Crippen molar-refractivity contribution in [3.63, 3.8) is 0 Å². The molecular weight excluding hydrogens is 335 g/mol. The van der Waals surface area contributed by atoms with Crippen LogP contribution in [0.25, 0.3) is 0 Å². The minimum atomic E-state index is -0.568. The first kappa shape index (κ1) is 17.9. The number of nitrogens with zero attached hydrogens (tertiary/aromatic N) is 1. The number of rotatable bonds is 6. The number of hydrogen-bond acceptors (Lipinski definition) is 3. The van der Waals surface area contributed by atoms with E-state index < -0.39 is 5.41 Å². The maximum atomic E-state index is 13.1. The van der Waals surface area contributed by atoms with Crippen LogP contribution in [0.5, 0.6) is 5.75 Å². The molecule has 0 radical (unpaired) electrons. The van der Waals surface area contributed by atoms with Crippen LogP contribution >= 0.6 is 0 Å². The molecule has 136 valence electrons. The van der Waals surface area contributed by atoms with Crippen LogP contribution in [0, 0.1) is 5.82 Å². The van der Waals surface area contributed by atoms with E-state index in [4.69, 9.17) is 4.74 Å². The standard InChI is InChI=1S/C20H21FN2O3/c1-23(2)18(24)13-26-17-9-7-16(8-10-17)22-19(25)20(11-12-20)14-3-5-15(21)6-4-14/h3-10H,11-13H2,1-2H3,(H,22,25). The van der Waals surface area contributed by atoms with Gasteiger partial charge in [-0.2, -0.15) is 0 Å². The van der Waals surface area contributed by atoms with Gasteiger partial charge in [0.25, 0.3) is 5.91 Å². The molecule has 0 bridgehead atoms. The molecule has 1 saturated carbocycles. The van der Waals surface area contributed by atoms with Crippen LogP contribution in [-0.4, -0.2) is 37.4 Å². The third-order valence-corrected chi connectivity index (χ3v) is 4.55. The zero-order chi connectivity index (χ0) is 18.7. The van der Waals surface area contributed by atoms with Crippen LogP contribution in [-0.2, 0) is 15.0 Å². The molecule has 0 unspecified atom stereocenters. The third kappa shape index (κ3) is 3.85. The third-order valence-electron chi connectivity index (χ3n) is 4.55. The number of anilines is 1. The fraction of sp³-hybridized carbons (Fsp3) is 0.300. The molecule has 2 aromatic rings. The first-order chi connectivity index (χ1) is 12.4. The number of nitrogens with one attached hydrogen (secondary N) is 1. The summed E-state index contributed by atoms with van der Waals surface area (Å²) in [6, 6.07) is 13.0. The highest BCUT2D eigenvalue weighted by Gasteiger charge is 2.51. The number of halogens is 1. The highest BCUT2D eigenvalue weighted by atomic mass is 19.1. The van der Waals surface area contributed by atoms with Crippen molar-refractivity contribution in [3.8, 4) is 5.75 Å². The van der Waals surface area contributed by atoms with E-state index in [2.05, 4.69) is 5.32 Å². The summed E-state index contributed by atoms with van der Waals surface area (Å²) in [6.07, 6.45) is 1.50. The molecule has 0 spiro atoms. The van der Waals surface area contributed by atoms with E-state index in [0.717, 1.165) is 18.4 Å². The number of likely N-dealkylation sites (N-methyl/N-ethyl adjacent to an activating group) is 1. The minimum absolute atomic E-state index is 0.0353. The van der Waals surface area contributed by atoms with Crippen LogP contribution in [0.1, 0.15) is 18.4 Å². The molecule has 0 aromatic heterocycles. The highest BCUT2D eigenvalue weighted by molar-refractivity contribution is 6.01. The smallest absolute Gasteiger partial charge is 0.259 e. The van der Waals surface area contributed by atoms with E-state index in [1.807, 2.05) is 0 Å². The summed E-state index contributed by atoms with van der Waals surface area (Å²) >= 11 is 0. The maximum Gasteiger partial charge on any atom is 0.259 e. The number of ether oxygens (including phenoxy) is 1. The zero-order valence-electron chi connectivity index (χ0n) is 14.8. The van der Waals surface area contributed by atoms with Crippen molar-refractivity contribution < 1.29 is 18.7 Å². The lowest BCUT2D eigenvalue weighted by Gasteiger charge is -2.16. The molecule has 6 heteroatoms. The predicted molar refractivity (Wildman–Crippen MR) is 96.6 cm³/mol. The molecule has 26 heavy (non-hydrogen) atoms. The van der Waals surface area contributed by atoms with Gasteiger partial charge < -0.3 is 15.0 Å². The molecule has 3 rings (SSSR count). The summed E-state index contributed by atoms with van der Waals surface area (Å²) in [4.78, 5) is 25.7. The van der Waals surface area contributed by atoms with Crippen molar-refractivity contribution >= 4 is 17.5 Å². The Kier molecular flexibility index (Phi) is 4.93. The second-order valence-corrected chi connectivity index (χ2v) is 6.64. The van der Waals surface area contributed by atoms with Crippen molar-refractivity contribution in [1.29, 1.82) is 0 Å². The van der Waals surface area contributed by atoms with Gasteiger partial charge in [0.05, 0.1) is 5.41 Å². The van der Waals surface area contributed by atoms with Crippen LogP contribution < -0.4 is 10.1 Å². The van der Waals surface area contributed by atoms with Crippen molar-refractivity contribution in [1.82, 2.24) is 4.90 Å². The van der Waals surface area contributed by atoms with Gasteiger partial charge in [0.15, 0.2) is 6.61 Å². The molecular formula is C20H21FN2O3. The van der Waals surface area contributed by atoms with E-state index in [9.17, 15) is 14.0 Å². The minimum Gasteiger partial charge on any atom is -0.484 e. The molecule has 1 aliphatic rings. The first-order valence-corrected chi connectivity index (χ1v) is 8.41. The van der Waals surface area contributed by atoms with E-state index in [-0.39, 0.29) is 24.2 Å². The summed E-state index contributed by atoms with van der Waals surface area (Å²) in [7, 11) is 3.33. The predicted octanol–water partition coefficient (Wildman–Crippen LogP) is 2.96. The second kappa shape index (κ2) is 7.15. The van der Waals surface area contributed by atoms with Crippen molar-refractivity contribution in [2.75, 3.05) is 26.0 Å². The number of benzene rings is 2. The monoisotopic (exact) mass is 356 g/mol. The quantitative estimate of drug-likeness (QED) is 0.866. The van der Waals surface area contributed by atoms with E-state index in [1.165, 1.54) is 17.0 Å². The molecule has 0 atom stereocenters. The molecule has 1 N–H and O–H groups in total. The Balaban J connectivity index is 1.61. The van der Waals surface area contributed by atoms with Gasteiger partial charge in [-0.15, -0.1) is 0 Å². The molecule has 0 saturated heterocycles. The summed E-state index contributed by atoms with van der Waals surface area (Å²) in [5.74, 6) is 0.0177. The number of amides is 2. The summed E-state index contributed by atoms with van der Waals surface area (Å²) < 4.78 is 18.5. The van der Waals surface area contributed by atoms with Gasteiger partial charge >= 0.3 is 0 Å². The fourth-order valence-corrected chi connectivity index (χ4v) is 2.70. The van der Waals surface area contributed by atoms with Crippen molar-refractivity contribution in [2.45, 2.75) is 18.3 Å². The van der Waals surface area contributed by atoms with Crippen molar-refractivity contribution in [3.05, 3.63) is 59.9 Å². The topological polar surface area (TPSA) is 58.6 Å². The zero-order valence-corrected chi connectivity index (χ0v) is 14.8. The Hall–Kier alpha value is -2.89. The lowest BCUT2D eigenvalue weighted by Crippen LogP contribution is -2.28. The number of carbonyl (C=O) groups is 2. The fourth-order valence-electron chi connectivity index (χ4n) is 2.70. The van der Waals surface area contributed by atoms with Gasteiger partial charge in [-0.05, 0) is 54.8 Å². The Morgan fingerprint density at radius 3 is 2.23 bits per heavy atom. The van der Waals surface area contributed by atoms with Gasteiger partial charge in [0, 0.05) is 19.8 Å². The molecule has 1 aliphatic carbocycles. The summed E-state index contributed by atoms with van der Waals surface area (Å²) in [5.41, 5.74) is 0.911. The molecule has 2 amide bonds. The van der Waals surface area contributed by atoms with E-state index in [1.54, 1.807) is 50.5 Å². The van der Waals surface area contributed by atoms with E-state index in [0.29, 0.717) is 11.4 Å². The molecule has 0 aliphatic heterocycles. The Morgan fingerprint density at radius 1 is 1.08 bits per heavy atom. The average Bonchev–Trinajstić information content (AvgIpc) is 3.43. The van der Waals surface area contributed by atoms with Gasteiger partial charge in [-0.1, -0.05) is 12.1 Å². The molecule has 5 nitrogen and oxygen atoms in total. The van der Waals surface area contributed by atoms with Crippen LogP contribution in [0.3, 0.4) is 0 Å². The first-order valence-electron chi connectivity index (χ1n) is 8.41. The second-order valence-electron chi connectivity index (χ2n) is 6.64. The van der Waals surface area contributed by atoms with Crippen molar-refractivity contribution in [2.24, 2.45) is 0 Å². The van der Waals surface area contributed by atoms with Gasteiger partial charge in [0.1, 0.15) is 11.6 Å². The van der Waals surface area contributed by atoms with E-state index >= 15 is 0 Å². The molecule has 2 aromatic carbocycles. The number of carbonyl (C=O) groups excluding carboxylic acids is 2. The highest BCUT2D eigenvalue weighted by Crippen LogP contribution is 2.49. The van der Waals surface area contributed by atoms with Gasteiger partial charge in [-0.25, -0.2) is 4.39 Å². The molecule has 0 heterocycles. The molecule has 1 fully saturated rings. The largest absolute Gasteiger partial charge is 0.484 e. The maximum absolute atomic E-state index is 13.1. The Morgan fingerprint density at radius 2 is 1.69 bits per heavy atom. The SMILES string of the molecule is CN(C)C(=O)COc1ccc(NC(=O)C2(c3ccc(F)cc3)CC2)cc1. The summed E-state index contributed by atoms with van der Waals surface area (Å²) in [6.45, 7) is -0.0353. The van der Waals surface area contributed by atoms with Gasteiger partial charge in [0.2, 0.25) is 5.91 Å². The lowest BCUT2D eigenvalue weighted by molar-refractivity contribution is -0.130. The summed E-state index contributed by atoms with van der Waals surface area (Å²) in [5, 5.41) is 2.90. The van der Waals surface area contributed by atoms with Crippen LogP contribution in [0.2, 0.25) is 0 Å². The lowest BCUT2D eigenvalue weighted by atomic mass is 9.95. The van der Waals surface area contributed by atoms with Gasteiger partial charge in [-0.3, -0.25) is 9.59 Å². The van der Waals surface area contributed by atoms with Crippen LogP contribution in [0.4, 0.5) is 10.1 Å². The Labute approximate surface area is 151 Å². The Bertz CT molecular complexity index is 797. The average molecular weight is 356 g/mol.